The van der Waals surface area contributed by atoms with Crippen LogP contribution in [0.1, 0.15) is 50.4 Å². The summed E-state index contributed by atoms with van der Waals surface area (Å²) >= 11 is 0. The van der Waals surface area contributed by atoms with Crippen LogP contribution in [-0.2, 0) is 0 Å². The van der Waals surface area contributed by atoms with Crippen LogP contribution in [0.3, 0.4) is 0 Å². The maximum absolute atomic E-state index is 12.7. The summed E-state index contributed by atoms with van der Waals surface area (Å²) in [5, 5.41) is 0. The smallest absolute Gasteiger partial charge is 0.255 e. The van der Waals surface area contributed by atoms with Gasteiger partial charge in [0.15, 0.2) is 0 Å². The van der Waals surface area contributed by atoms with Gasteiger partial charge in [0, 0.05) is 18.8 Å². The summed E-state index contributed by atoms with van der Waals surface area (Å²) in [7, 11) is 0. The maximum Gasteiger partial charge on any atom is 0.255 e. The molecular weight excluding hydrogens is 231 g/mol. The van der Waals surface area contributed by atoms with Gasteiger partial charge in [-0.3, -0.25) is 4.79 Å². The zero-order chi connectivity index (χ0) is 13.5. The Labute approximate surface area is 108 Å². The number of amides is 1. The average Bonchev–Trinajstić information content (AvgIpc) is 2.34. The van der Waals surface area contributed by atoms with Crippen LogP contribution in [0.25, 0.3) is 0 Å². The minimum atomic E-state index is -0.561. The lowest BCUT2D eigenvalue weighted by Gasteiger charge is -2.26. The Balaban J connectivity index is 2.73. The Morgan fingerprint density at radius 3 is 2.61 bits per heavy atom. The minimum absolute atomic E-state index is 0.0754. The Hall–Kier alpha value is -1.45. The van der Waals surface area contributed by atoms with Crippen LogP contribution in [0.15, 0.2) is 18.3 Å². The third-order valence-electron chi connectivity index (χ3n) is 2.86. The van der Waals surface area contributed by atoms with E-state index in [1.165, 1.54) is 18.3 Å². The minimum Gasteiger partial charge on any atom is -0.336 e. The van der Waals surface area contributed by atoms with Gasteiger partial charge in [0.25, 0.3) is 5.91 Å². The Morgan fingerprint density at radius 2 is 2.11 bits per heavy atom. The Kier molecular flexibility index (Phi) is 5.75. The summed E-state index contributed by atoms with van der Waals surface area (Å²) < 4.78 is 12.7. The van der Waals surface area contributed by atoms with Crippen molar-refractivity contribution in [2.24, 2.45) is 0 Å². The molecule has 0 bridgehead atoms. The molecule has 18 heavy (non-hydrogen) atoms. The maximum atomic E-state index is 12.7. The third kappa shape index (κ3) is 4.09. The van der Waals surface area contributed by atoms with Crippen molar-refractivity contribution in [2.75, 3.05) is 6.54 Å². The second kappa shape index (κ2) is 7.09. The molecule has 0 aliphatic heterocycles. The number of halogens is 1. The van der Waals surface area contributed by atoms with E-state index in [1.807, 2.05) is 18.7 Å². The molecule has 4 heteroatoms. The van der Waals surface area contributed by atoms with Gasteiger partial charge >= 0.3 is 0 Å². The largest absolute Gasteiger partial charge is 0.336 e. The molecule has 1 rings (SSSR count). The number of aromatic nitrogens is 1. The zero-order valence-electron chi connectivity index (χ0n) is 11.3. The van der Waals surface area contributed by atoms with Crippen LogP contribution in [0.4, 0.5) is 4.39 Å². The summed E-state index contributed by atoms with van der Waals surface area (Å²) in [6.45, 7) is 6.84. The van der Waals surface area contributed by atoms with Gasteiger partial charge in [-0.1, -0.05) is 19.8 Å². The summed E-state index contributed by atoms with van der Waals surface area (Å²) in [6, 6.07) is 2.84. The first-order valence-corrected chi connectivity index (χ1v) is 6.48. The van der Waals surface area contributed by atoms with Crippen LogP contribution in [-0.4, -0.2) is 28.4 Å². The number of hydrogen-bond acceptors (Lipinski definition) is 2. The van der Waals surface area contributed by atoms with Crippen LogP contribution < -0.4 is 0 Å². The molecule has 100 valence electrons. The molecule has 0 aliphatic rings. The molecular formula is C14H21FN2O. The average molecular weight is 252 g/mol. The first-order valence-electron chi connectivity index (χ1n) is 6.48. The van der Waals surface area contributed by atoms with E-state index in [-0.39, 0.29) is 11.9 Å². The number of nitrogens with zero attached hydrogens (tertiary/aromatic N) is 2. The monoisotopic (exact) mass is 252 g/mol. The van der Waals surface area contributed by atoms with Crippen molar-refractivity contribution in [1.82, 2.24) is 9.88 Å². The topological polar surface area (TPSA) is 33.2 Å². The first kappa shape index (κ1) is 14.6. The van der Waals surface area contributed by atoms with E-state index < -0.39 is 5.95 Å². The normalized spacial score (nSPS) is 10.7. The van der Waals surface area contributed by atoms with Gasteiger partial charge in [0.05, 0.1) is 5.56 Å². The lowest BCUT2D eigenvalue weighted by atomic mass is 10.1. The fourth-order valence-electron chi connectivity index (χ4n) is 1.79. The van der Waals surface area contributed by atoms with E-state index in [0.29, 0.717) is 5.56 Å². The number of carbonyl (C=O) groups is 1. The van der Waals surface area contributed by atoms with Crippen LogP contribution in [0.5, 0.6) is 0 Å². The van der Waals surface area contributed by atoms with Crippen molar-refractivity contribution in [2.45, 2.75) is 46.1 Å². The number of unbranched alkanes of at least 4 members (excludes halogenated alkanes) is 2. The molecule has 0 saturated heterocycles. The highest BCUT2D eigenvalue weighted by Crippen LogP contribution is 2.10. The van der Waals surface area contributed by atoms with E-state index in [2.05, 4.69) is 11.9 Å². The molecule has 0 aromatic carbocycles. The fourth-order valence-corrected chi connectivity index (χ4v) is 1.79. The predicted octanol–water partition coefficient (Wildman–Crippen LogP) is 3.26. The molecule has 0 aliphatic carbocycles. The third-order valence-corrected chi connectivity index (χ3v) is 2.86. The molecule has 1 heterocycles. The molecule has 0 radical (unpaired) electrons. The quantitative estimate of drug-likeness (QED) is 0.575. The summed E-state index contributed by atoms with van der Waals surface area (Å²) in [5.74, 6) is -0.637. The highest BCUT2D eigenvalue weighted by atomic mass is 19.1. The van der Waals surface area contributed by atoms with Crippen LogP contribution in [0.2, 0.25) is 0 Å². The van der Waals surface area contributed by atoms with Crippen LogP contribution >= 0.6 is 0 Å². The van der Waals surface area contributed by atoms with Gasteiger partial charge in [-0.15, -0.1) is 0 Å². The second-order valence-corrected chi connectivity index (χ2v) is 4.67. The molecule has 0 spiro atoms. The van der Waals surface area contributed by atoms with Crippen molar-refractivity contribution in [1.29, 1.82) is 0 Å². The summed E-state index contributed by atoms with van der Waals surface area (Å²) in [5.41, 5.74) is 0.446. The molecule has 0 fully saturated rings. The van der Waals surface area contributed by atoms with Crippen molar-refractivity contribution in [3.05, 3.63) is 29.8 Å². The van der Waals surface area contributed by atoms with Gasteiger partial charge in [-0.2, -0.15) is 4.39 Å². The Morgan fingerprint density at radius 1 is 1.39 bits per heavy atom. The van der Waals surface area contributed by atoms with Gasteiger partial charge in [-0.25, -0.2) is 4.98 Å². The highest BCUT2D eigenvalue weighted by molar-refractivity contribution is 5.94. The fraction of sp³-hybridized carbons (Fsp3) is 0.571. The van der Waals surface area contributed by atoms with Crippen molar-refractivity contribution < 1.29 is 9.18 Å². The molecule has 1 amide bonds. The van der Waals surface area contributed by atoms with E-state index >= 15 is 0 Å². The second-order valence-electron chi connectivity index (χ2n) is 4.67. The number of carbonyl (C=O) groups excluding carboxylic acids is 1. The standard InChI is InChI=1S/C14H21FN2O/c1-4-5-6-9-17(11(2)3)14(18)12-7-8-13(15)16-10-12/h7-8,10-11H,4-6,9H2,1-3H3. The first-order chi connectivity index (χ1) is 8.56. The van der Waals surface area contributed by atoms with Crippen LogP contribution in [0, 0.1) is 5.95 Å². The molecule has 1 aromatic heterocycles. The Bertz CT molecular complexity index is 376. The molecule has 0 N–H and O–H groups in total. The lowest BCUT2D eigenvalue weighted by Crippen LogP contribution is -2.37. The predicted molar refractivity (Wildman–Crippen MR) is 69.9 cm³/mol. The zero-order valence-corrected chi connectivity index (χ0v) is 11.3. The van der Waals surface area contributed by atoms with E-state index in [0.717, 1.165) is 25.8 Å². The van der Waals surface area contributed by atoms with Gasteiger partial charge in [0.1, 0.15) is 0 Å². The molecule has 0 atom stereocenters. The molecule has 1 aromatic rings. The lowest BCUT2D eigenvalue weighted by molar-refractivity contribution is 0.0701. The number of rotatable bonds is 6. The molecule has 0 unspecified atom stereocenters. The number of pyridine rings is 1. The summed E-state index contributed by atoms with van der Waals surface area (Å²) in [6.07, 6.45) is 4.53. The van der Waals surface area contributed by atoms with E-state index in [4.69, 9.17) is 0 Å². The van der Waals surface area contributed by atoms with Gasteiger partial charge < -0.3 is 4.90 Å². The van der Waals surface area contributed by atoms with Crippen molar-refractivity contribution in [3.63, 3.8) is 0 Å². The van der Waals surface area contributed by atoms with Crippen molar-refractivity contribution >= 4 is 5.91 Å². The van der Waals surface area contributed by atoms with Gasteiger partial charge in [0.2, 0.25) is 5.95 Å². The van der Waals surface area contributed by atoms with E-state index in [1.54, 1.807) is 0 Å². The summed E-state index contributed by atoms with van der Waals surface area (Å²) in [4.78, 5) is 17.6. The van der Waals surface area contributed by atoms with Gasteiger partial charge in [-0.05, 0) is 32.4 Å². The number of hydrogen-bond donors (Lipinski definition) is 0. The SMILES string of the molecule is CCCCCN(C(=O)c1ccc(F)nc1)C(C)C. The van der Waals surface area contributed by atoms with Crippen molar-refractivity contribution in [3.8, 4) is 0 Å². The highest BCUT2D eigenvalue weighted by Gasteiger charge is 2.18. The molecule has 0 saturated carbocycles. The van der Waals surface area contributed by atoms with E-state index in [9.17, 15) is 9.18 Å². The molecule has 3 nitrogen and oxygen atoms in total.